The number of hydrogen-bond acceptors (Lipinski definition) is 5. The maximum absolute atomic E-state index is 13.6. The van der Waals surface area contributed by atoms with E-state index in [1.807, 2.05) is 41.4 Å². The summed E-state index contributed by atoms with van der Waals surface area (Å²) in [6, 6.07) is 15.4. The summed E-state index contributed by atoms with van der Waals surface area (Å²) in [4.78, 5) is 24.3. The number of ether oxygens (including phenoxy) is 1. The van der Waals surface area contributed by atoms with E-state index in [9.17, 15) is 9.18 Å². The molecule has 0 aliphatic carbocycles. The van der Waals surface area contributed by atoms with E-state index in [0.717, 1.165) is 18.4 Å². The molecule has 1 atom stereocenters. The number of likely N-dealkylation sites (tertiary alicyclic amines) is 1. The highest BCUT2D eigenvalue weighted by Crippen LogP contribution is 2.33. The third kappa shape index (κ3) is 4.80. The highest BCUT2D eigenvalue weighted by atomic mass is 19.1. The Hall–Kier alpha value is -4.07. The van der Waals surface area contributed by atoms with E-state index in [4.69, 9.17) is 4.74 Å². The zero-order chi connectivity index (χ0) is 23.3. The van der Waals surface area contributed by atoms with E-state index >= 15 is 0 Å². The Balaban J connectivity index is 1.36. The zero-order valence-corrected chi connectivity index (χ0v) is 18.5. The van der Waals surface area contributed by atoms with Crippen molar-refractivity contribution in [1.82, 2.24) is 24.6 Å². The van der Waals surface area contributed by atoms with Gasteiger partial charge < -0.3 is 9.64 Å². The number of nitrogens with zero attached hydrogens (tertiary/aromatic N) is 5. The summed E-state index contributed by atoms with van der Waals surface area (Å²) in [7, 11) is 0. The van der Waals surface area contributed by atoms with Crippen LogP contribution in [0.2, 0.25) is 0 Å². The van der Waals surface area contributed by atoms with Gasteiger partial charge in [-0.2, -0.15) is 5.10 Å². The average Bonchev–Trinajstić information content (AvgIpc) is 3.38. The molecule has 34 heavy (non-hydrogen) atoms. The van der Waals surface area contributed by atoms with Crippen LogP contribution in [0.5, 0.6) is 11.6 Å². The number of halogens is 1. The lowest BCUT2D eigenvalue weighted by Crippen LogP contribution is -2.39. The molecule has 1 saturated heterocycles. The fourth-order valence-corrected chi connectivity index (χ4v) is 4.33. The van der Waals surface area contributed by atoms with Crippen molar-refractivity contribution in [3.63, 3.8) is 0 Å². The summed E-state index contributed by atoms with van der Waals surface area (Å²) < 4.78 is 21.3. The number of piperidine rings is 1. The lowest BCUT2D eigenvalue weighted by atomic mass is 9.93. The number of carbonyl (C=O) groups excluding carboxylic acids is 1. The molecular weight excluding hydrogens is 433 g/mol. The molecule has 1 aliphatic heterocycles. The van der Waals surface area contributed by atoms with Gasteiger partial charge in [-0.05, 0) is 42.7 Å². The number of benzene rings is 2. The molecule has 3 heterocycles. The molecule has 1 aliphatic rings. The molecule has 2 aromatic heterocycles. The second-order valence-electron chi connectivity index (χ2n) is 8.26. The van der Waals surface area contributed by atoms with Gasteiger partial charge >= 0.3 is 0 Å². The molecule has 2 aromatic carbocycles. The second-order valence-corrected chi connectivity index (χ2v) is 8.26. The van der Waals surface area contributed by atoms with Crippen molar-refractivity contribution in [2.24, 2.45) is 0 Å². The number of rotatable bonds is 6. The Morgan fingerprint density at radius 3 is 2.79 bits per heavy atom. The first-order valence-corrected chi connectivity index (χ1v) is 11.3. The molecule has 4 aromatic rings. The number of hydrogen-bond donors (Lipinski definition) is 0. The van der Waals surface area contributed by atoms with Gasteiger partial charge in [-0.3, -0.25) is 14.5 Å². The average molecular weight is 458 g/mol. The van der Waals surface area contributed by atoms with Crippen LogP contribution in [0.15, 0.2) is 79.4 Å². The molecule has 172 valence electrons. The monoisotopic (exact) mass is 457 g/mol. The minimum absolute atomic E-state index is 0.0102. The van der Waals surface area contributed by atoms with Crippen LogP contribution in [0.25, 0.3) is 0 Å². The first-order valence-electron chi connectivity index (χ1n) is 11.3. The Morgan fingerprint density at radius 1 is 1.06 bits per heavy atom. The highest BCUT2D eigenvalue weighted by Gasteiger charge is 2.29. The van der Waals surface area contributed by atoms with Crippen LogP contribution in [0.4, 0.5) is 4.39 Å². The first-order chi connectivity index (χ1) is 16.7. The summed E-state index contributed by atoms with van der Waals surface area (Å²) in [6.45, 7) is 1.71. The lowest BCUT2D eigenvalue weighted by molar-refractivity contribution is 0.0703. The van der Waals surface area contributed by atoms with Crippen LogP contribution in [0.1, 0.15) is 40.4 Å². The first kappa shape index (κ1) is 21.8. The van der Waals surface area contributed by atoms with Gasteiger partial charge in [0.1, 0.15) is 17.3 Å². The standard InChI is InChI=1S/C26H24FN5O2/c27-21-8-3-9-22(16-21)34-25-24(28-12-13-29-25)20-7-4-14-31(17-20)26(33)23-10-2-1-6-19(23)18-32-15-5-11-30-32/h1-3,5-6,8-13,15-16,20H,4,7,14,17-18H2. The minimum Gasteiger partial charge on any atom is -0.437 e. The molecule has 7 nitrogen and oxygen atoms in total. The summed E-state index contributed by atoms with van der Waals surface area (Å²) in [5.74, 6) is 0.271. The van der Waals surface area contributed by atoms with Crippen LogP contribution >= 0.6 is 0 Å². The molecule has 1 fully saturated rings. The molecule has 0 bridgehead atoms. The number of carbonyl (C=O) groups is 1. The van der Waals surface area contributed by atoms with E-state index in [1.54, 1.807) is 35.4 Å². The van der Waals surface area contributed by atoms with Gasteiger partial charge in [0.15, 0.2) is 0 Å². The molecule has 1 amide bonds. The van der Waals surface area contributed by atoms with Crippen molar-refractivity contribution < 1.29 is 13.9 Å². The summed E-state index contributed by atoms with van der Waals surface area (Å²) >= 11 is 0. The lowest BCUT2D eigenvalue weighted by Gasteiger charge is -2.33. The van der Waals surface area contributed by atoms with Crippen LogP contribution in [-0.4, -0.2) is 43.6 Å². The highest BCUT2D eigenvalue weighted by molar-refractivity contribution is 5.95. The molecule has 8 heteroatoms. The third-order valence-corrected chi connectivity index (χ3v) is 5.94. The maximum atomic E-state index is 13.6. The Morgan fingerprint density at radius 2 is 1.94 bits per heavy atom. The Labute approximate surface area is 196 Å². The second kappa shape index (κ2) is 9.82. The summed E-state index contributed by atoms with van der Waals surface area (Å²) in [5.41, 5.74) is 2.27. The molecule has 1 unspecified atom stereocenters. The van der Waals surface area contributed by atoms with Gasteiger partial charge in [0.25, 0.3) is 5.91 Å². The van der Waals surface area contributed by atoms with Crippen LogP contribution in [0.3, 0.4) is 0 Å². The molecule has 0 radical (unpaired) electrons. The van der Waals surface area contributed by atoms with Gasteiger partial charge in [0.05, 0.1) is 6.54 Å². The van der Waals surface area contributed by atoms with E-state index in [1.165, 1.54) is 12.1 Å². The van der Waals surface area contributed by atoms with Gasteiger partial charge in [-0.15, -0.1) is 0 Å². The van der Waals surface area contributed by atoms with Gasteiger partial charge in [-0.1, -0.05) is 24.3 Å². The van der Waals surface area contributed by atoms with Crippen molar-refractivity contribution in [3.05, 3.63) is 102 Å². The van der Waals surface area contributed by atoms with Crippen LogP contribution in [-0.2, 0) is 6.54 Å². The maximum Gasteiger partial charge on any atom is 0.254 e. The summed E-state index contributed by atoms with van der Waals surface area (Å²) in [5, 5.41) is 4.26. The fraction of sp³-hybridized carbons (Fsp3) is 0.231. The molecule has 0 spiro atoms. The normalized spacial score (nSPS) is 15.8. The van der Waals surface area contributed by atoms with E-state index < -0.39 is 0 Å². The SMILES string of the molecule is O=C(c1ccccc1Cn1cccn1)N1CCCC(c2nccnc2Oc2cccc(F)c2)C1. The van der Waals surface area contributed by atoms with Crippen molar-refractivity contribution in [3.8, 4) is 11.6 Å². The van der Waals surface area contributed by atoms with Crippen molar-refractivity contribution in [2.45, 2.75) is 25.3 Å². The largest absolute Gasteiger partial charge is 0.437 e. The zero-order valence-electron chi connectivity index (χ0n) is 18.5. The Kier molecular flexibility index (Phi) is 6.29. The topological polar surface area (TPSA) is 73.1 Å². The molecule has 0 saturated carbocycles. The Bertz CT molecular complexity index is 1280. The third-order valence-electron chi connectivity index (χ3n) is 5.94. The van der Waals surface area contributed by atoms with E-state index in [-0.39, 0.29) is 17.6 Å². The smallest absolute Gasteiger partial charge is 0.254 e. The van der Waals surface area contributed by atoms with Crippen molar-refractivity contribution in [2.75, 3.05) is 13.1 Å². The number of aromatic nitrogens is 4. The van der Waals surface area contributed by atoms with Crippen LogP contribution in [0, 0.1) is 5.82 Å². The van der Waals surface area contributed by atoms with E-state index in [0.29, 0.717) is 42.5 Å². The van der Waals surface area contributed by atoms with Crippen molar-refractivity contribution in [1.29, 1.82) is 0 Å². The summed E-state index contributed by atoms with van der Waals surface area (Å²) in [6.07, 6.45) is 8.48. The predicted molar refractivity (Wildman–Crippen MR) is 124 cm³/mol. The molecule has 0 N–H and O–H groups in total. The van der Waals surface area contributed by atoms with Gasteiger partial charge in [0.2, 0.25) is 5.88 Å². The number of amides is 1. The van der Waals surface area contributed by atoms with Crippen molar-refractivity contribution >= 4 is 5.91 Å². The quantitative estimate of drug-likeness (QED) is 0.421. The van der Waals surface area contributed by atoms with Gasteiger partial charge in [0, 0.05) is 55.4 Å². The predicted octanol–water partition coefficient (Wildman–Crippen LogP) is 4.67. The fourth-order valence-electron chi connectivity index (χ4n) is 4.33. The van der Waals surface area contributed by atoms with E-state index in [2.05, 4.69) is 15.1 Å². The van der Waals surface area contributed by atoms with Gasteiger partial charge in [-0.25, -0.2) is 9.37 Å². The molecular formula is C26H24FN5O2. The van der Waals surface area contributed by atoms with Crippen LogP contribution < -0.4 is 4.74 Å². The molecule has 5 rings (SSSR count). The minimum atomic E-state index is -0.383.